The van der Waals surface area contributed by atoms with E-state index in [-0.39, 0.29) is 17.4 Å². The number of phenolic OH excluding ortho intramolecular Hbond substituents is 1. The summed E-state index contributed by atoms with van der Waals surface area (Å²) in [6.07, 6.45) is 1.50. The van der Waals surface area contributed by atoms with Crippen LogP contribution >= 0.6 is 0 Å². The topological polar surface area (TPSA) is 129 Å². The highest BCUT2D eigenvalue weighted by molar-refractivity contribution is 6.12. The Labute approximate surface area is 177 Å². The first-order valence-electron chi connectivity index (χ1n) is 9.46. The molecule has 1 aromatic heterocycles. The Hall–Kier alpha value is -4.39. The SMILES string of the molecule is Cc1ccc(N=Cc2c(O)[nH]c3cc(C(=O)c4ccc(C(N)=O)cc4)ccc23)cc1O. The van der Waals surface area contributed by atoms with E-state index in [0.717, 1.165) is 5.56 Å². The van der Waals surface area contributed by atoms with Gasteiger partial charge in [-0.3, -0.25) is 14.6 Å². The van der Waals surface area contributed by atoms with E-state index in [9.17, 15) is 19.8 Å². The highest BCUT2D eigenvalue weighted by Crippen LogP contribution is 2.29. The van der Waals surface area contributed by atoms with Gasteiger partial charge >= 0.3 is 0 Å². The van der Waals surface area contributed by atoms with Crippen molar-refractivity contribution in [1.29, 1.82) is 0 Å². The predicted octanol–water partition coefficient (Wildman–Crippen LogP) is 3.97. The van der Waals surface area contributed by atoms with Crippen LogP contribution in [0.4, 0.5) is 5.69 Å². The first kappa shape index (κ1) is 19.9. The summed E-state index contributed by atoms with van der Waals surface area (Å²) in [4.78, 5) is 31.2. The van der Waals surface area contributed by atoms with Crippen molar-refractivity contribution in [2.75, 3.05) is 0 Å². The van der Waals surface area contributed by atoms with Crippen molar-refractivity contribution in [3.05, 3.63) is 88.5 Å². The van der Waals surface area contributed by atoms with Gasteiger partial charge in [-0.2, -0.15) is 0 Å². The molecule has 5 N–H and O–H groups in total. The second-order valence-electron chi connectivity index (χ2n) is 7.15. The number of hydrogen-bond donors (Lipinski definition) is 4. The summed E-state index contributed by atoms with van der Waals surface area (Å²) in [7, 11) is 0. The van der Waals surface area contributed by atoms with E-state index in [4.69, 9.17) is 5.73 Å². The fraction of sp³-hybridized carbons (Fsp3) is 0.0417. The molecule has 7 nitrogen and oxygen atoms in total. The second kappa shape index (κ2) is 7.79. The normalized spacial score (nSPS) is 11.3. The number of amides is 1. The van der Waals surface area contributed by atoms with Gasteiger partial charge in [0.15, 0.2) is 11.7 Å². The average Bonchev–Trinajstić information content (AvgIpc) is 3.08. The predicted molar refractivity (Wildman–Crippen MR) is 118 cm³/mol. The molecule has 0 atom stereocenters. The maximum atomic E-state index is 12.8. The minimum atomic E-state index is -0.558. The number of aromatic hydroxyl groups is 2. The summed E-state index contributed by atoms with van der Waals surface area (Å²) in [5.41, 5.74) is 8.73. The van der Waals surface area contributed by atoms with Gasteiger partial charge in [0.05, 0.1) is 11.3 Å². The van der Waals surface area contributed by atoms with E-state index < -0.39 is 5.91 Å². The lowest BCUT2D eigenvalue weighted by molar-refractivity contribution is 0.0997. The molecule has 0 bridgehead atoms. The first-order chi connectivity index (χ1) is 14.8. The lowest BCUT2D eigenvalue weighted by Crippen LogP contribution is -2.11. The van der Waals surface area contributed by atoms with Crippen molar-refractivity contribution >= 4 is 34.5 Å². The molecule has 7 heteroatoms. The largest absolute Gasteiger partial charge is 0.508 e. The quantitative estimate of drug-likeness (QED) is 0.291. The molecule has 0 aliphatic carbocycles. The van der Waals surface area contributed by atoms with Gasteiger partial charge in [-0.05, 0) is 36.8 Å². The number of phenols is 1. The zero-order valence-corrected chi connectivity index (χ0v) is 16.6. The monoisotopic (exact) mass is 413 g/mol. The number of aromatic amines is 1. The Morgan fingerprint density at radius 1 is 0.935 bits per heavy atom. The molecular weight excluding hydrogens is 394 g/mol. The molecule has 154 valence electrons. The fourth-order valence-electron chi connectivity index (χ4n) is 3.25. The van der Waals surface area contributed by atoms with Crippen LogP contribution in [-0.4, -0.2) is 33.1 Å². The number of nitrogens with zero attached hydrogens (tertiary/aromatic N) is 1. The number of hydrogen-bond acceptors (Lipinski definition) is 5. The van der Waals surface area contributed by atoms with E-state index in [1.165, 1.54) is 24.4 Å². The Morgan fingerprint density at radius 3 is 2.29 bits per heavy atom. The number of benzene rings is 3. The van der Waals surface area contributed by atoms with Crippen LogP contribution in [0.3, 0.4) is 0 Å². The first-order valence-corrected chi connectivity index (χ1v) is 9.46. The molecular formula is C24H19N3O4. The third-order valence-corrected chi connectivity index (χ3v) is 5.05. The number of carbonyl (C=O) groups excluding carboxylic acids is 2. The van der Waals surface area contributed by atoms with Gasteiger partial charge in [-0.1, -0.05) is 30.3 Å². The summed E-state index contributed by atoms with van der Waals surface area (Å²) in [6, 6.07) is 16.2. The van der Waals surface area contributed by atoms with Gasteiger partial charge < -0.3 is 20.9 Å². The second-order valence-corrected chi connectivity index (χ2v) is 7.15. The zero-order valence-electron chi connectivity index (χ0n) is 16.6. The molecule has 1 heterocycles. The van der Waals surface area contributed by atoms with E-state index in [1.807, 2.05) is 0 Å². The third kappa shape index (κ3) is 3.89. The summed E-state index contributed by atoms with van der Waals surface area (Å²) in [5.74, 6) is -0.718. The van der Waals surface area contributed by atoms with Gasteiger partial charge in [0.1, 0.15) is 5.75 Å². The van der Waals surface area contributed by atoms with Gasteiger partial charge in [0.2, 0.25) is 5.91 Å². The summed E-state index contributed by atoms with van der Waals surface area (Å²) in [6.45, 7) is 1.79. The Balaban J connectivity index is 1.65. The molecule has 3 aromatic carbocycles. The van der Waals surface area contributed by atoms with E-state index in [0.29, 0.717) is 38.8 Å². The van der Waals surface area contributed by atoms with E-state index in [2.05, 4.69) is 9.98 Å². The van der Waals surface area contributed by atoms with Gasteiger partial charge in [-0.25, -0.2) is 0 Å². The van der Waals surface area contributed by atoms with Gasteiger partial charge in [0.25, 0.3) is 0 Å². The molecule has 0 saturated heterocycles. The highest BCUT2D eigenvalue weighted by atomic mass is 16.3. The summed E-state index contributed by atoms with van der Waals surface area (Å²) < 4.78 is 0. The molecule has 0 spiro atoms. The van der Waals surface area contributed by atoms with Crippen LogP contribution in [-0.2, 0) is 0 Å². The number of fused-ring (bicyclic) bond motifs is 1. The van der Waals surface area contributed by atoms with Crippen molar-refractivity contribution < 1.29 is 19.8 Å². The summed E-state index contributed by atoms with van der Waals surface area (Å²) in [5, 5.41) is 20.8. The van der Waals surface area contributed by atoms with Crippen LogP contribution < -0.4 is 5.73 Å². The molecule has 4 rings (SSSR count). The van der Waals surface area contributed by atoms with E-state index >= 15 is 0 Å². The molecule has 0 radical (unpaired) electrons. The number of aliphatic imine (C=N–C) groups is 1. The third-order valence-electron chi connectivity index (χ3n) is 5.05. The van der Waals surface area contributed by atoms with Gasteiger partial charge in [-0.15, -0.1) is 0 Å². The summed E-state index contributed by atoms with van der Waals surface area (Å²) >= 11 is 0. The van der Waals surface area contributed by atoms with Crippen molar-refractivity contribution in [3.8, 4) is 11.6 Å². The molecule has 0 unspecified atom stereocenters. The number of ketones is 1. The van der Waals surface area contributed by atoms with Crippen molar-refractivity contribution in [2.45, 2.75) is 6.92 Å². The number of H-pyrrole nitrogens is 1. The van der Waals surface area contributed by atoms with Crippen LogP contribution in [0.2, 0.25) is 0 Å². The molecule has 0 aliphatic heterocycles. The number of nitrogens with two attached hydrogens (primary N) is 1. The number of primary amides is 1. The zero-order chi connectivity index (χ0) is 22.1. The number of nitrogens with one attached hydrogen (secondary N) is 1. The van der Waals surface area contributed by atoms with Crippen LogP contribution in [0.5, 0.6) is 11.6 Å². The van der Waals surface area contributed by atoms with Crippen molar-refractivity contribution in [2.24, 2.45) is 10.7 Å². The maximum absolute atomic E-state index is 12.8. The maximum Gasteiger partial charge on any atom is 0.248 e. The Kier molecular flexibility index (Phi) is 5.00. The van der Waals surface area contributed by atoms with Crippen molar-refractivity contribution in [1.82, 2.24) is 4.98 Å². The molecule has 0 fully saturated rings. The van der Waals surface area contributed by atoms with Crippen LogP contribution in [0.1, 0.15) is 37.4 Å². The minimum Gasteiger partial charge on any atom is -0.508 e. The molecule has 1 amide bonds. The number of carbonyl (C=O) groups is 2. The van der Waals surface area contributed by atoms with E-state index in [1.54, 1.807) is 49.4 Å². The minimum absolute atomic E-state index is 0.0782. The highest BCUT2D eigenvalue weighted by Gasteiger charge is 2.14. The van der Waals surface area contributed by atoms with Crippen LogP contribution in [0.15, 0.2) is 65.7 Å². The molecule has 0 saturated carbocycles. The fourth-order valence-corrected chi connectivity index (χ4v) is 3.25. The standard InChI is InChI=1S/C24H19N3O4/c1-13-2-8-17(11-21(13)28)26-12-19-18-9-7-16(10-20(18)27-24(19)31)22(29)14-3-5-15(6-4-14)23(25)30/h2-12,27-28,31H,1H3,(H2,25,30). The Morgan fingerprint density at radius 2 is 1.61 bits per heavy atom. The average molecular weight is 413 g/mol. The smallest absolute Gasteiger partial charge is 0.248 e. The molecule has 4 aromatic rings. The molecule has 0 aliphatic rings. The van der Waals surface area contributed by atoms with Crippen LogP contribution in [0.25, 0.3) is 10.9 Å². The lowest BCUT2D eigenvalue weighted by Gasteiger charge is -2.03. The number of rotatable bonds is 5. The number of aromatic nitrogens is 1. The Bertz CT molecular complexity index is 1350. The van der Waals surface area contributed by atoms with Gasteiger partial charge in [0, 0.05) is 39.9 Å². The van der Waals surface area contributed by atoms with Crippen LogP contribution in [0, 0.1) is 6.92 Å². The lowest BCUT2D eigenvalue weighted by atomic mass is 10.0. The number of aryl methyl sites for hydroxylation is 1. The molecule has 31 heavy (non-hydrogen) atoms. The van der Waals surface area contributed by atoms with Crippen molar-refractivity contribution in [3.63, 3.8) is 0 Å².